The zero-order chi connectivity index (χ0) is 37.1. The van der Waals surface area contributed by atoms with Gasteiger partial charge in [-0.3, -0.25) is 9.69 Å². The number of nitrogens with zero attached hydrogens (tertiary/aromatic N) is 1. The molecule has 5 unspecified atom stereocenters. The lowest BCUT2D eigenvalue weighted by molar-refractivity contribution is -0.264. The molecule has 5 rings (SSSR count). The third-order valence-electron chi connectivity index (χ3n) is 11.3. The first-order valence-electron chi connectivity index (χ1n) is 20.9. The first-order chi connectivity index (χ1) is 26.1. The number of aliphatic hydroxyl groups excluding tert-OH is 2. The fourth-order valence-corrected chi connectivity index (χ4v) is 8.12. The minimum atomic E-state index is -0.586. The van der Waals surface area contributed by atoms with Crippen LogP contribution >= 0.6 is 0 Å². The van der Waals surface area contributed by atoms with Gasteiger partial charge in [0.15, 0.2) is 6.29 Å². The molecule has 2 aliphatic rings. The molecular formula is C46H66N2O5. The van der Waals surface area contributed by atoms with Crippen molar-refractivity contribution in [2.75, 3.05) is 19.7 Å². The second-order valence-electron chi connectivity index (χ2n) is 15.4. The summed E-state index contributed by atoms with van der Waals surface area (Å²) < 4.78 is 13.8. The summed E-state index contributed by atoms with van der Waals surface area (Å²) in [5, 5.41) is 23.0. The van der Waals surface area contributed by atoms with E-state index in [1.54, 1.807) is 0 Å². The number of unbranched alkanes of at least 4 members (excludes halogenated alkanes) is 12. The summed E-state index contributed by atoms with van der Waals surface area (Å²) in [6.07, 6.45) is 18.5. The average Bonchev–Trinajstić information content (AvgIpc) is 3.66. The Bertz CT molecular complexity index is 1430. The zero-order valence-electron chi connectivity index (χ0n) is 32.3. The van der Waals surface area contributed by atoms with Crippen LogP contribution in [0.4, 0.5) is 0 Å². The van der Waals surface area contributed by atoms with Crippen molar-refractivity contribution < 1.29 is 24.5 Å². The minimum absolute atomic E-state index is 0.00791. The van der Waals surface area contributed by atoms with Gasteiger partial charge >= 0.3 is 0 Å². The van der Waals surface area contributed by atoms with Crippen molar-refractivity contribution in [2.45, 2.75) is 153 Å². The molecule has 0 radical (unpaired) electrons. The van der Waals surface area contributed by atoms with E-state index >= 15 is 0 Å². The van der Waals surface area contributed by atoms with Gasteiger partial charge in [-0.15, -0.1) is 0 Å². The normalized spacial score (nSPS) is 21.9. The summed E-state index contributed by atoms with van der Waals surface area (Å²) >= 11 is 0. The van der Waals surface area contributed by atoms with Gasteiger partial charge in [0.1, 0.15) is 0 Å². The lowest BCUT2D eigenvalue weighted by Crippen LogP contribution is -2.46. The number of carbonyl (C=O) groups is 1. The highest BCUT2D eigenvalue weighted by molar-refractivity contribution is 5.75. The van der Waals surface area contributed by atoms with Crippen LogP contribution in [-0.4, -0.2) is 52.9 Å². The van der Waals surface area contributed by atoms with E-state index in [2.05, 4.69) is 77.8 Å². The van der Waals surface area contributed by atoms with Crippen LogP contribution < -0.4 is 5.32 Å². The molecule has 0 aliphatic carbocycles. The fourth-order valence-electron chi connectivity index (χ4n) is 8.12. The summed E-state index contributed by atoms with van der Waals surface area (Å²) in [7, 11) is 0. The second kappa shape index (κ2) is 23.0. The molecule has 3 aromatic carbocycles. The standard InChI is InChI=1S/C46H66N2O5/c1-2-3-4-5-6-7-8-9-10-11-12-13-17-22-43(51)47-32-36-23-29-40(30-24-36)46-52-42(33-48-31-18-21-41(48)35-50)44(38-19-15-14-16-20-38)45(53-46)39-27-25-37(34-49)26-28-39/h14-16,19-20,23-30,41-42,44-46,49-50H,2-13,17-18,21-22,31-35H2,1H3,(H,47,51). The zero-order valence-corrected chi connectivity index (χ0v) is 32.3. The minimum Gasteiger partial charge on any atom is -0.395 e. The third-order valence-corrected chi connectivity index (χ3v) is 11.3. The Kier molecular flexibility index (Phi) is 17.8. The molecule has 0 bridgehead atoms. The average molecular weight is 727 g/mol. The highest BCUT2D eigenvalue weighted by Gasteiger charge is 2.43. The molecule has 2 heterocycles. The maximum absolute atomic E-state index is 12.6. The molecule has 0 aromatic heterocycles. The van der Waals surface area contributed by atoms with Crippen LogP contribution in [0.2, 0.25) is 0 Å². The molecule has 1 amide bonds. The summed E-state index contributed by atoms with van der Waals surface area (Å²) in [4.78, 5) is 15.0. The first kappa shape index (κ1) is 41.1. The van der Waals surface area contributed by atoms with Gasteiger partial charge in [-0.25, -0.2) is 0 Å². The van der Waals surface area contributed by atoms with E-state index in [-0.39, 0.29) is 43.3 Å². The molecule has 2 fully saturated rings. The molecule has 2 aliphatic heterocycles. The number of hydrogen-bond acceptors (Lipinski definition) is 6. The number of benzene rings is 3. The predicted octanol–water partition coefficient (Wildman–Crippen LogP) is 9.67. The number of ether oxygens (including phenoxy) is 2. The number of hydrogen-bond donors (Lipinski definition) is 3. The number of carbonyl (C=O) groups excluding carboxylic acids is 1. The van der Waals surface area contributed by atoms with E-state index in [0.717, 1.165) is 60.0 Å². The molecule has 5 atom stereocenters. The predicted molar refractivity (Wildman–Crippen MR) is 213 cm³/mol. The number of aliphatic hydroxyl groups is 2. The molecule has 7 heteroatoms. The van der Waals surface area contributed by atoms with E-state index in [1.807, 2.05) is 18.2 Å². The Labute approximate surface area is 319 Å². The maximum atomic E-state index is 12.6. The van der Waals surface area contributed by atoms with Crippen molar-refractivity contribution in [2.24, 2.45) is 0 Å². The molecule has 3 N–H and O–H groups in total. The largest absolute Gasteiger partial charge is 0.395 e. The number of nitrogens with one attached hydrogen (secondary N) is 1. The molecule has 290 valence electrons. The van der Waals surface area contributed by atoms with Crippen LogP contribution in [0.5, 0.6) is 0 Å². The molecular weight excluding hydrogens is 661 g/mol. The second-order valence-corrected chi connectivity index (χ2v) is 15.4. The molecule has 53 heavy (non-hydrogen) atoms. The lowest BCUT2D eigenvalue weighted by atomic mass is 9.83. The van der Waals surface area contributed by atoms with Crippen molar-refractivity contribution in [1.29, 1.82) is 0 Å². The Morgan fingerprint density at radius 1 is 0.717 bits per heavy atom. The monoisotopic (exact) mass is 726 g/mol. The Hall–Kier alpha value is -3.07. The van der Waals surface area contributed by atoms with E-state index in [4.69, 9.17) is 9.47 Å². The van der Waals surface area contributed by atoms with Crippen molar-refractivity contribution in [1.82, 2.24) is 10.2 Å². The van der Waals surface area contributed by atoms with E-state index in [0.29, 0.717) is 19.5 Å². The van der Waals surface area contributed by atoms with Gasteiger partial charge < -0.3 is 25.0 Å². The fraction of sp³-hybridized carbons (Fsp3) is 0.587. The molecule has 2 saturated heterocycles. The van der Waals surface area contributed by atoms with Crippen LogP contribution in [0.25, 0.3) is 0 Å². The number of rotatable bonds is 23. The summed E-state index contributed by atoms with van der Waals surface area (Å²) in [5.74, 6) is 0.0424. The Morgan fingerprint density at radius 3 is 1.94 bits per heavy atom. The Morgan fingerprint density at radius 2 is 1.32 bits per heavy atom. The summed E-state index contributed by atoms with van der Waals surface area (Å²) in [5.41, 5.74) is 5.02. The molecule has 7 nitrogen and oxygen atoms in total. The van der Waals surface area contributed by atoms with E-state index in [9.17, 15) is 15.0 Å². The van der Waals surface area contributed by atoms with Crippen LogP contribution in [0.3, 0.4) is 0 Å². The molecule has 0 spiro atoms. The topological polar surface area (TPSA) is 91.3 Å². The molecule has 0 saturated carbocycles. The summed E-state index contributed by atoms with van der Waals surface area (Å²) in [6, 6.07) is 26.8. The van der Waals surface area contributed by atoms with Crippen LogP contribution in [0.15, 0.2) is 78.9 Å². The van der Waals surface area contributed by atoms with Gasteiger partial charge in [-0.1, -0.05) is 163 Å². The SMILES string of the molecule is CCCCCCCCCCCCCCCC(=O)NCc1ccc(C2OC(CN3CCCC3CO)C(c3ccccc3)C(c3ccc(CO)cc3)O2)cc1. The van der Waals surface area contributed by atoms with Gasteiger partial charge in [0, 0.05) is 37.0 Å². The first-order valence-corrected chi connectivity index (χ1v) is 20.9. The van der Waals surface area contributed by atoms with E-state index in [1.165, 1.54) is 70.6 Å². The van der Waals surface area contributed by atoms with Gasteiger partial charge in [0.2, 0.25) is 5.91 Å². The quantitative estimate of drug-likeness (QED) is 0.0844. The van der Waals surface area contributed by atoms with Crippen LogP contribution in [0, 0.1) is 0 Å². The van der Waals surface area contributed by atoms with Gasteiger partial charge in [0.05, 0.1) is 25.4 Å². The number of likely N-dealkylation sites (tertiary alicyclic amines) is 1. The molecule has 3 aromatic rings. The van der Waals surface area contributed by atoms with Gasteiger partial charge in [-0.2, -0.15) is 0 Å². The highest BCUT2D eigenvalue weighted by Crippen LogP contribution is 2.47. The van der Waals surface area contributed by atoms with Crippen molar-refractivity contribution in [3.63, 3.8) is 0 Å². The maximum Gasteiger partial charge on any atom is 0.220 e. The van der Waals surface area contributed by atoms with Crippen molar-refractivity contribution in [3.05, 3.63) is 107 Å². The third kappa shape index (κ3) is 13.0. The van der Waals surface area contributed by atoms with Crippen LogP contribution in [-0.2, 0) is 27.4 Å². The van der Waals surface area contributed by atoms with Gasteiger partial charge in [-0.05, 0) is 48.1 Å². The lowest BCUT2D eigenvalue weighted by Gasteiger charge is -2.44. The smallest absolute Gasteiger partial charge is 0.220 e. The van der Waals surface area contributed by atoms with Crippen molar-refractivity contribution in [3.8, 4) is 0 Å². The van der Waals surface area contributed by atoms with Crippen LogP contribution in [0.1, 0.15) is 156 Å². The highest BCUT2D eigenvalue weighted by atomic mass is 16.7. The van der Waals surface area contributed by atoms with Gasteiger partial charge in [0.25, 0.3) is 0 Å². The van der Waals surface area contributed by atoms with Crippen molar-refractivity contribution >= 4 is 5.91 Å². The van der Waals surface area contributed by atoms with E-state index < -0.39 is 6.29 Å². The summed E-state index contributed by atoms with van der Waals surface area (Å²) in [6.45, 7) is 4.54. The number of amides is 1. The Balaban J connectivity index is 1.14.